The lowest BCUT2D eigenvalue weighted by molar-refractivity contribution is 0.191. The summed E-state index contributed by atoms with van der Waals surface area (Å²) >= 11 is 0. The minimum absolute atomic E-state index is 0. The maximum Gasteiger partial charge on any atom is 0.191 e. The molecule has 0 aromatic carbocycles. The Bertz CT molecular complexity index is 442. The predicted octanol–water partition coefficient (Wildman–Crippen LogP) is 2.81. The zero-order valence-corrected chi connectivity index (χ0v) is 18.9. The second kappa shape index (κ2) is 14.4. The lowest BCUT2D eigenvalue weighted by Gasteiger charge is -2.31. The molecule has 0 bridgehead atoms. The number of hydrogen-bond donors (Lipinski definition) is 2. The van der Waals surface area contributed by atoms with Gasteiger partial charge in [-0.25, -0.2) is 0 Å². The number of guanidine groups is 1. The summed E-state index contributed by atoms with van der Waals surface area (Å²) in [6.07, 6.45) is 6.03. The smallest absolute Gasteiger partial charge is 0.191 e. The topological polar surface area (TPSA) is 57.5 Å². The van der Waals surface area contributed by atoms with Gasteiger partial charge in [-0.2, -0.15) is 5.10 Å². The molecule has 1 aromatic heterocycles. The van der Waals surface area contributed by atoms with Gasteiger partial charge in [0.1, 0.15) is 0 Å². The number of aliphatic imine (C=N–C) groups is 1. The normalized spacial score (nSPS) is 13.0. The number of aromatic nitrogens is 2. The Morgan fingerprint density at radius 1 is 1.24 bits per heavy atom. The molecule has 6 nitrogen and oxygen atoms in total. The van der Waals surface area contributed by atoms with Gasteiger partial charge in [0.25, 0.3) is 0 Å². The van der Waals surface area contributed by atoms with E-state index in [0.29, 0.717) is 12.0 Å². The molecule has 0 fully saturated rings. The van der Waals surface area contributed by atoms with Gasteiger partial charge in [0.15, 0.2) is 5.96 Å². The summed E-state index contributed by atoms with van der Waals surface area (Å²) in [5.41, 5.74) is 0. The van der Waals surface area contributed by atoms with Crippen molar-refractivity contribution in [1.29, 1.82) is 0 Å². The number of halogens is 1. The van der Waals surface area contributed by atoms with Crippen LogP contribution in [0, 0.1) is 5.92 Å². The Balaban J connectivity index is 0.00000576. The Hall–Kier alpha value is -0.830. The minimum atomic E-state index is 0. The molecule has 2 N–H and O–H groups in total. The molecule has 146 valence electrons. The van der Waals surface area contributed by atoms with E-state index in [2.05, 4.69) is 53.3 Å². The SMILES string of the molecule is CCN(CC)C(CNC(=NC)NCCCn1cccn1)CC(C)C.I. The van der Waals surface area contributed by atoms with Gasteiger partial charge in [-0.1, -0.05) is 27.7 Å². The van der Waals surface area contributed by atoms with Crippen molar-refractivity contribution in [3.63, 3.8) is 0 Å². The number of hydrogen-bond acceptors (Lipinski definition) is 3. The van der Waals surface area contributed by atoms with Gasteiger partial charge in [0.2, 0.25) is 0 Å². The van der Waals surface area contributed by atoms with Crippen LogP contribution in [0.1, 0.15) is 40.5 Å². The van der Waals surface area contributed by atoms with Crippen LogP contribution < -0.4 is 10.6 Å². The number of aryl methyl sites for hydroxylation is 1. The van der Waals surface area contributed by atoms with Crippen LogP contribution in [0.3, 0.4) is 0 Å². The second-order valence-electron chi connectivity index (χ2n) is 6.51. The molecule has 0 aliphatic heterocycles. The summed E-state index contributed by atoms with van der Waals surface area (Å²) in [6, 6.07) is 2.50. The fraction of sp³-hybridized carbons (Fsp3) is 0.778. The highest BCUT2D eigenvalue weighted by molar-refractivity contribution is 14.0. The van der Waals surface area contributed by atoms with Crippen molar-refractivity contribution in [1.82, 2.24) is 25.3 Å². The van der Waals surface area contributed by atoms with E-state index >= 15 is 0 Å². The van der Waals surface area contributed by atoms with Crippen LogP contribution >= 0.6 is 24.0 Å². The minimum Gasteiger partial charge on any atom is -0.356 e. The van der Waals surface area contributed by atoms with Crippen LogP contribution in [0.15, 0.2) is 23.5 Å². The zero-order valence-electron chi connectivity index (χ0n) is 16.5. The molecule has 0 saturated carbocycles. The fourth-order valence-corrected chi connectivity index (χ4v) is 2.96. The number of nitrogens with one attached hydrogen (secondary N) is 2. The third-order valence-corrected chi connectivity index (χ3v) is 4.22. The van der Waals surface area contributed by atoms with Gasteiger partial charge in [-0.3, -0.25) is 14.6 Å². The Morgan fingerprint density at radius 3 is 2.48 bits per heavy atom. The van der Waals surface area contributed by atoms with Gasteiger partial charge in [-0.05, 0) is 37.9 Å². The van der Waals surface area contributed by atoms with Crippen molar-refractivity contribution in [2.24, 2.45) is 10.9 Å². The van der Waals surface area contributed by atoms with E-state index in [9.17, 15) is 0 Å². The zero-order chi connectivity index (χ0) is 17.8. The number of rotatable bonds is 11. The molecule has 1 heterocycles. The van der Waals surface area contributed by atoms with Crippen molar-refractivity contribution in [3.8, 4) is 0 Å². The maximum atomic E-state index is 4.34. The monoisotopic (exact) mass is 464 g/mol. The highest BCUT2D eigenvalue weighted by atomic mass is 127. The lowest BCUT2D eigenvalue weighted by Crippen LogP contribution is -2.47. The molecule has 1 unspecified atom stereocenters. The molecular formula is C18H37IN6. The summed E-state index contributed by atoms with van der Waals surface area (Å²) in [5, 5.41) is 11.1. The van der Waals surface area contributed by atoms with E-state index in [-0.39, 0.29) is 24.0 Å². The molecule has 0 spiro atoms. The van der Waals surface area contributed by atoms with Crippen LogP contribution in [-0.4, -0.2) is 59.9 Å². The molecule has 1 rings (SSSR count). The van der Waals surface area contributed by atoms with Crippen molar-refractivity contribution in [3.05, 3.63) is 18.5 Å². The lowest BCUT2D eigenvalue weighted by atomic mass is 10.0. The van der Waals surface area contributed by atoms with Crippen molar-refractivity contribution >= 4 is 29.9 Å². The van der Waals surface area contributed by atoms with Gasteiger partial charge in [-0.15, -0.1) is 24.0 Å². The average molecular weight is 464 g/mol. The molecule has 1 aromatic rings. The summed E-state index contributed by atoms with van der Waals surface area (Å²) in [7, 11) is 1.83. The van der Waals surface area contributed by atoms with Crippen molar-refractivity contribution in [2.75, 3.05) is 33.2 Å². The molecule has 0 radical (unpaired) electrons. The van der Waals surface area contributed by atoms with E-state index in [1.807, 2.05) is 30.2 Å². The first-order chi connectivity index (χ1) is 11.6. The highest BCUT2D eigenvalue weighted by Crippen LogP contribution is 2.10. The quantitative estimate of drug-likeness (QED) is 0.229. The van der Waals surface area contributed by atoms with Crippen LogP contribution in [0.4, 0.5) is 0 Å². The first kappa shape index (κ1) is 24.2. The summed E-state index contributed by atoms with van der Waals surface area (Å²) < 4.78 is 1.96. The van der Waals surface area contributed by atoms with Crippen molar-refractivity contribution in [2.45, 2.75) is 53.1 Å². The molecule has 7 heteroatoms. The first-order valence-corrected chi connectivity index (χ1v) is 9.26. The largest absolute Gasteiger partial charge is 0.356 e. The van der Waals surface area contributed by atoms with Crippen LogP contribution in [0.2, 0.25) is 0 Å². The summed E-state index contributed by atoms with van der Waals surface area (Å²) in [6.45, 7) is 14.0. The van der Waals surface area contributed by atoms with E-state index in [0.717, 1.165) is 45.1 Å². The van der Waals surface area contributed by atoms with Gasteiger partial charge in [0.05, 0.1) is 0 Å². The average Bonchev–Trinajstić information content (AvgIpc) is 3.07. The van der Waals surface area contributed by atoms with Crippen LogP contribution in [0.25, 0.3) is 0 Å². The van der Waals surface area contributed by atoms with Gasteiger partial charge >= 0.3 is 0 Å². The van der Waals surface area contributed by atoms with E-state index in [4.69, 9.17) is 0 Å². The molecule has 0 aliphatic rings. The Kier molecular flexibility index (Phi) is 13.9. The van der Waals surface area contributed by atoms with Crippen molar-refractivity contribution < 1.29 is 0 Å². The number of nitrogens with zero attached hydrogens (tertiary/aromatic N) is 4. The highest BCUT2D eigenvalue weighted by Gasteiger charge is 2.17. The van der Waals surface area contributed by atoms with E-state index in [1.54, 1.807) is 0 Å². The molecular weight excluding hydrogens is 427 g/mol. The fourth-order valence-electron chi connectivity index (χ4n) is 2.96. The van der Waals surface area contributed by atoms with E-state index < -0.39 is 0 Å². The molecule has 25 heavy (non-hydrogen) atoms. The molecule has 0 amide bonds. The standard InChI is InChI=1S/C18H36N6.HI/c1-6-23(7-2)17(14-16(3)4)15-21-18(19-5)20-10-8-12-24-13-9-11-22-24;/h9,11,13,16-17H,6-8,10,12,14-15H2,1-5H3,(H2,19,20,21);1H. The molecule has 0 aliphatic carbocycles. The third kappa shape index (κ3) is 10.0. The predicted molar refractivity (Wildman–Crippen MR) is 118 cm³/mol. The second-order valence-corrected chi connectivity index (χ2v) is 6.51. The number of likely N-dealkylation sites (N-methyl/N-ethyl adjacent to an activating group) is 1. The maximum absolute atomic E-state index is 4.34. The van der Waals surface area contributed by atoms with Gasteiger partial charge in [0, 0.05) is 45.1 Å². The van der Waals surface area contributed by atoms with E-state index in [1.165, 1.54) is 6.42 Å². The molecule has 1 atom stereocenters. The Morgan fingerprint density at radius 2 is 1.96 bits per heavy atom. The third-order valence-electron chi connectivity index (χ3n) is 4.22. The Labute approximate surface area is 170 Å². The summed E-state index contributed by atoms with van der Waals surface area (Å²) in [4.78, 5) is 6.86. The first-order valence-electron chi connectivity index (χ1n) is 9.26. The van der Waals surface area contributed by atoms with Crippen LogP contribution in [0.5, 0.6) is 0 Å². The van der Waals surface area contributed by atoms with Gasteiger partial charge < -0.3 is 10.6 Å². The molecule has 0 saturated heterocycles. The summed E-state index contributed by atoms with van der Waals surface area (Å²) in [5.74, 6) is 1.58. The van der Waals surface area contributed by atoms with Crippen LogP contribution in [-0.2, 0) is 6.54 Å².